The molecule has 5 heteroatoms. The highest BCUT2D eigenvalue weighted by atomic mass is 16.1. The number of nitrogens with one attached hydrogen (secondary N) is 2. The molecular formula is C15H14N4O. The van der Waals surface area contributed by atoms with Gasteiger partial charge in [-0.1, -0.05) is 18.2 Å². The van der Waals surface area contributed by atoms with Crippen molar-refractivity contribution in [1.29, 1.82) is 0 Å². The minimum absolute atomic E-state index is 0.235. The van der Waals surface area contributed by atoms with Gasteiger partial charge in [0.05, 0.1) is 10.9 Å². The minimum atomic E-state index is -0.235. The highest BCUT2D eigenvalue weighted by Crippen LogP contribution is 2.21. The fourth-order valence-corrected chi connectivity index (χ4v) is 2.21. The Labute approximate surface area is 116 Å². The van der Waals surface area contributed by atoms with E-state index in [1.165, 1.54) is 0 Å². The van der Waals surface area contributed by atoms with Gasteiger partial charge in [0.15, 0.2) is 5.69 Å². The molecule has 0 fully saturated rings. The van der Waals surface area contributed by atoms with E-state index in [4.69, 9.17) is 0 Å². The molecule has 0 saturated heterocycles. The molecule has 0 aliphatic carbocycles. The predicted octanol–water partition coefficient (Wildman–Crippen LogP) is 2.83. The molecule has 2 aromatic heterocycles. The second kappa shape index (κ2) is 4.77. The Hall–Kier alpha value is -2.69. The van der Waals surface area contributed by atoms with E-state index in [0.717, 1.165) is 27.7 Å². The summed E-state index contributed by atoms with van der Waals surface area (Å²) in [5.74, 6) is -0.235. The molecule has 20 heavy (non-hydrogen) atoms. The predicted molar refractivity (Wildman–Crippen MR) is 77.8 cm³/mol. The molecule has 1 amide bonds. The zero-order valence-corrected chi connectivity index (χ0v) is 11.3. The van der Waals surface area contributed by atoms with Gasteiger partial charge in [-0.2, -0.15) is 5.10 Å². The van der Waals surface area contributed by atoms with Crippen LogP contribution in [0.25, 0.3) is 10.9 Å². The van der Waals surface area contributed by atoms with Gasteiger partial charge < -0.3 is 5.32 Å². The molecule has 3 aromatic rings. The molecular weight excluding hydrogens is 252 g/mol. The van der Waals surface area contributed by atoms with Crippen LogP contribution in [0.15, 0.2) is 36.7 Å². The third-order valence-corrected chi connectivity index (χ3v) is 3.30. The number of hydrogen-bond acceptors (Lipinski definition) is 3. The molecule has 0 saturated carbocycles. The molecule has 0 radical (unpaired) electrons. The van der Waals surface area contributed by atoms with E-state index in [-0.39, 0.29) is 5.91 Å². The van der Waals surface area contributed by atoms with E-state index in [1.54, 1.807) is 18.5 Å². The van der Waals surface area contributed by atoms with E-state index >= 15 is 0 Å². The van der Waals surface area contributed by atoms with Crippen molar-refractivity contribution in [3.63, 3.8) is 0 Å². The largest absolute Gasteiger partial charge is 0.320 e. The van der Waals surface area contributed by atoms with E-state index in [1.807, 2.05) is 32.0 Å². The minimum Gasteiger partial charge on any atom is -0.320 e. The fraction of sp³-hybridized carbons (Fsp3) is 0.133. The molecule has 0 unspecified atom stereocenters. The first-order valence-electron chi connectivity index (χ1n) is 6.32. The molecule has 100 valence electrons. The maximum atomic E-state index is 12.4. The first-order chi connectivity index (χ1) is 9.66. The standard InChI is InChI=1S/C15H14N4O/c1-9-4-3-5-10(2)13(9)17-15(20)14-11-8-16-7-6-12(11)18-19-14/h3-8H,1-2H3,(H,17,20)(H,18,19). The summed E-state index contributed by atoms with van der Waals surface area (Å²) in [6.07, 6.45) is 3.30. The van der Waals surface area contributed by atoms with Crippen molar-refractivity contribution in [2.45, 2.75) is 13.8 Å². The summed E-state index contributed by atoms with van der Waals surface area (Å²) >= 11 is 0. The van der Waals surface area contributed by atoms with Crippen molar-refractivity contribution >= 4 is 22.5 Å². The number of hydrogen-bond donors (Lipinski definition) is 2. The Balaban J connectivity index is 1.98. The van der Waals surface area contributed by atoms with Gasteiger partial charge in [0.25, 0.3) is 5.91 Å². The van der Waals surface area contributed by atoms with Gasteiger partial charge in [-0.25, -0.2) is 0 Å². The molecule has 2 N–H and O–H groups in total. The number of aromatic nitrogens is 3. The number of H-pyrrole nitrogens is 1. The second-order valence-corrected chi connectivity index (χ2v) is 4.71. The average Bonchev–Trinajstić information content (AvgIpc) is 2.87. The third kappa shape index (κ3) is 2.03. The highest BCUT2D eigenvalue weighted by Gasteiger charge is 2.15. The molecule has 5 nitrogen and oxygen atoms in total. The van der Waals surface area contributed by atoms with Crippen LogP contribution in [0, 0.1) is 13.8 Å². The maximum Gasteiger partial charge on any atom is 0.276 e. The smallest absolute Gasteiger partial charge is 0.276 e. The number of para-hydroxylation sites is 1. The molecule has 0 bridgehead atoms. The molecule has 0 spiro atoms. The quantitative estimate of drug-likeness (QED) is 0.749. The van der Waals surface area contributed by atoms with Crippen molar-refractivity contribution in [3.8, 4) is 0 Å². The number of carbonyl (C=O) groups excluding carboxylic acids is 1. The molecule has 2 heterocycles. The Kier molecular flexibility index (Phi) is 2.95. The summed E-state index contributed by atoms with van der Waals surface area (Å²) in [7, 11) is 0. The van der Waals surface area contributed by atoms with Gasteiger partial charge in [0.2, 0.25) is 0 Å². The maximum absolute atomic E-state index is 12.4. The van der Waals surface area contributed by atoms with Crippen LogP contribution in [-0.2, 0) is 0 Å². The van der Waals surface area contributed by atoms with Gasteiger partial charge in [0, 0.05) is 18.1 Å². The Morgan fingerprint density at radius 2 is 1.95 bits per heavy atom. The number of aromatic amines is 1. The van der Waals surface area contributed by atoms with Gasteiger partial charge in [-0.15, -0.1) is 0 Å². The topological polar surface area (TPSA) is 70.7 Å². The van der Waals surface area contributed by atoms with Crippen molar-refractivity contribution < 1.29 is 4.79 Å². The van der Waals surface area contributed by atoms with Crippen molar-refractivity contribution in [3.05, 3.63) is 53.5 Å². The van der Waals surface area contributed by atoms with Crippen LogP contribution in [0.1, 0.15) is 21.6 Å². The lowest BCUT2D eigenvalue weighted by molar-refractivity contribution is 0.102. The van der Waals surface area contributed by atoms with Crippen LogP contribution in [0.2, 0.25) is 0 Å². The number of pyridine rings is 1. The third-order valence-electron chi connectivity index (χ3n) is 3.30. The van der Waals surface area contributed by atoms with Gasteiger partial charge in [-0.05, 0) is 31.0 Å². The number of nitrogens with zero attached hydrogens (tertiary/aromatic N) is 2. The number of benzene rings is 1. The van der Waals surface area contributed by atoms with E-state index in [0.29, 0.717) is 5.69 Å². The summed E-state index contributed by atoms with van der Waals surface area (Å²) in [4.78, 5) is 16.4. The summed E-state index contributed by atoms with van der Waals surface area (Å²) in [5, 5.41) is 10.5. The van der Waals surface area contributed by atoms with Crippen molar-refractivity contribution in [1.82, 2.24) is 15.2 Å². The lowest BCUT2D eigenvalue weighted by Crippen LogP contribution is -2.14. The molecule has 1 aromatic carbocycles. The number of anilines is 1. The number of amides is 1. The number of fused-ring (bicyclic) bond motifs is 1. The van der Waals surface area contributed by atoms with Crippen LogP contribution in [0.4, 0.5) is 5.69 Å². The summed E-state index contributed by atoms with van der Waals surface area (Å²) in [6.45, 7) is 3.93. The SMILES string of the molecule is Cc1cccc(C)c1NC(=O)c1n[nH]c2ccncc12. The molecule has 0 atom stereocenters. The second-order valence-electron chi connectivity index (χ2n) is 4.71. The van der Waals surface area contributed by atoms with E-state index in [9.17, 15) is 4.79 Å². The summed E-state index contributed by atoms with van der Waals surface area (Å²) < 4.78 is 0. The van der Waals surface area contributed by atoms with Gasteiger partial charge >= 0.3 is 0 Å². The van der Waals surface area contributed by atoms with Gasteiger partial charge in [-0.3, -0.25) is 14.9 Å². The number of carbonyl (C=O) groups is 1. The Bertz CT molecular complexity index is 771. The normalized spacial score (nSPS) is 10.7. The number of rotatable bonds is 2. The first kappa shape index (κ1) is 12.3. The monoisotopic (exact) mass is 266 g/mol. The van der Waals surface area contributed by atoms with Crippen LogP contribution < -0.4 is 5.32 Å². The first-order valence-corrected chi connectivity index (χ1v) is 6.32. The summed E-state index contributed by atoms with van der Waals surface area (Å²) in [5.41, 5.74) is 4.03. The Morgan fingerprint density at radius 3 is 2.70 bits per heavy atom. The van der Waals surface area contributed by atoms with Crippen molar-refractivity contribution in [2.24, 2.45) is 0 Å². The Morgan fingerprint density at radius 1 is 1.20 bits per heavy atom. The zero-order valence-electron chi connectivity index (χ0n) is 11.3. The van der Waals surface area contributed by atoms with Crippen LogP contribution >= 0.6 is 0 Å². The average molecular weight is 266 g/mol. The van der Waals surface area contributed by atoms with Crippen molar-refractivity contribution in [2.75, 3.05) is 5.32 Å². The van der Waals surface area contributed by atoms with Gasteiger partial charge in [0.1, 0.15) is 0 Å². The summed E-state index contributed by atoms with van der Waals surface area (Å²) in [6, 6.07) is 7.69. The molecule has 3 rings (SSSR count). The molecule has 0 aliphatic heterocycles. The van der Waals surface area contributed by atoms with E-state index in [2.05, 4.69) is 20.5 Å². The van der Waals surface area contributed by atoms with Crippen LogP contribution in [0.5, 0.6) is 0 Å². The lowest BCUT2D eigenvalue weighted by Gasteiger charge is -2.10. The molecule has 0 aliphatic rings. The fourth-order valence-electron chi connectivity index (χ4n) is 2.21. The van der Waals surface area contributed by atoms with Crippen LogP contribution in [-0.4, -0.2) is 21.1 Å². The lowest BCUT2D eigenvalue weighted by atomic mass is 10.1. The van der Waals surface area contributed by atoms with E-state index < -0.39 is 0 Å². The highest BCUT2D eigenvalue weighted by molar-refractivity contribution is 6.11. The number of aryl methyl sites for hydroxylation is 2. The zero-order chi connectivity index (χ0) is 14.1. The van der Waals surface area contributed by atoms with Crippen LogP contribution in [0.3, 0.4) is 0 Å².